The summed E-state index contributed by atoms with van der Waals surface area (Å²) in [7, 11) is 0. The molecule has 84 valence electrons. The zero-order valence-electron chi connectivity index (χ0n) is 9.95. The lowest BCUT2D eigenvalue weighted by atomic mass is 10.1. The minimum Gasteiger partial charge on any atom is -0.288 e. The molecule has 0 aliphatic carbocycles. The SMILES string of the molecule is CCCCCN(O)c1cccc(C)c1C. The maximum absolute atomic E-state index is 9.89. The van der Waals surface area contributed by atoms with Gasteiger partial charge in [0.1, 0.15) is 0 Å². The molecule has 0 radical (unpaired) electrons. The van der Waals surface area contributed by atoms with E-state index < -0.39 is 0 Å². The minimum atomic E-state index is 0.720. The Morgan fingerprint density at radius 3 is 2.60 bits per heavy atom. The second kappa shape index (κ2) is 5.76. The average Bonchev–Trinajstić information content (AvgIpc) is 2.22. The van der Waals surface area contributed by atoms with Crippen molar-refractivity contribution in [2.75, 3.05) is 11.6 Å². The van der Waals surface area contributed by atoms with E-state index >= 15 is 0 Å². The van der Waals surface area contributed by atoms with Crippen molar-refractivity contribution in [3.8, 4) is 0 Å². The molecule has 1 aromatic carbocycles. The summed E-state index contributed by atoms with van der Waals surface area (Å²) in [4.78, 5) is 0. The van der Waals surface area contributed by atoms with E-state index in [1.165, 1.54) is 23.5 Å². The Morgan fingerprint density at radius 2 is 1.93 bits per heavy atom. The normalized spacial score (nSPS) is 10.4. The Balaban J connectivity index is 2.65. The van der Waals surface area contributed by atoms with Crippen molar-refractivity contribution < 1.29 is 5.21 Å². The number of anilines is 1. The molecule has 1 N–H and O–H groups in total. The fourth-order valence-electron chi connectivity index (χ4n) is 1.65. The van der Waals surface area contributed by atoms with Gasteiger partial charge < -0.3 is 0 Å². The summed E-state index contributed by atoms with van der Waals surface area (Å²) in [5.41, 5.74) is 3.32. The molecule has 0 aliphatic heterocycles. The average molecular weight is 207 g/mol. The van der Waals surface area contributed by atoms with Gasteiger partial charge in [-0.25, -0.2) is 0 Å². The Kier molecular flexibility index (Phi) is 4.63. The highest BCUT2D eigenvalue weighted by Crippen LogP contribution is 2.21. The van der Waals surface area contributed by atoms with Crippen LogP contribution in [0.3, 0.4) is 0 Å². The molecule has 0 fully saturated rings. The number of benzene rings is 1. The summed E-state index contributed by atoms with van der Waals surface area (Å²) in [6.45, 7) is 7.00. The first-order chi connectivity index (χ1) is 7.16. The van der Waals surface area contributed by atoms with Crippen LogP contribution in [0.15, 0.2) is 18.2 Å². The zero-order chi connectivity index (χ0) is 11.3. The summed E-state index contributed by atoms with van der Waals surface area (Å²) < 4.78 is 0. The lowest BCUT2D eigenvalue weighted by Crippen LogP contribution is -2.20. The summed E-state index contributed by atoms with van der Waals surface area (Å²) >= 11 is 0. The Hall–Kier alpha value is -1.02. The summed E-state index contributed by atoms with van der Waals surface area (Å²) in [5, 5.41) is 11.3. The number of unbranched alkanes of at least 4 members (excludes halogenated alkanes) is 2. The van der Waals surface area contributed by atoms with Crippen LogP contribution in [-0.4, -0.2) is 11.8 Å². The number of hydroxylamine groups is 1. The molecule has 0 saturated carbocycles. The Bertz CT molecular complexity index is 309. The molecule has 15 heavy (non-hydrogen) atoms. The van der Waals surface area contributed by atoms with Crippen LogP contribution in [0.4, 0.5) is 5.69 Å². The molecule has 0 aromatic heterocycles. The molecule has 2 nitrogen and oxygen atoms in total. The predicted molar refractivity (Wildman–Crippen MR) is 64.6 cm³/mol. The molecule has 0 bridgehead atoms. The van der Waals surface area contributed by atoms with E-state index in [1.54, 1.807) is 0 Å². The van der Waals surface area contributed by atoms with E-state index in [9.17, 15) is 5.21 Å². The second-order valence-corrected chi connectivity index (χ2v) is 4.05. The highest BCUT2D eigenvalue weighted by Gasteiger charge is 2.06. The summed E-state index contributed by atoms with van der Waals surface area (Å²) in [5.74, 6) is 0. The third-order valence-electron chi connectivity index (χ3n) is 2.83. The summed E-state index contributed by atoms with van der Waals surface area (Å²) in [6, 6.07) is 6.02. The van der Waals surface area contributed by atoms with Crippen molar-refractivity contribution in [1.82, 2.24) is 0 Å². The lowest BCUT2D eigenvalue weighted by Gasteiger charge is -2.19. The van der Waals surface area contributed by atoms with Gasteiger partial charge in [0.2, 0.25) is 0 Å². The highest BCUT2D eigenvalue weighted by atomic mass is 16.5. The first kappa shape index (κ1) is 12.1. The molecule has 0 aliphatic rings. The van der Waals surface area contributed by atoms with Crippen LogP contribution in [0.2, 0.25) is 0 Å². The van der Waals surface area contributed by atoms with Crippen LogP contribution in [0, 0.1) is 13.8 Å². The number of hydrogen-bond acceptors (Lipinski definition) is 2. The molecule has 0 heterocycles. The van der Waals surface area contributed by atoms with E-state index in [0.717, 1.165) is 24.2 Å². The van der Waals surface area contributed by atoms with Crippen LogP contribution in [0.1, 0.15) is 37.3 Å². The monoisotopic (exact) mass is 207 g/mol. The lowest BCUT2D eigenvalue weighted by molar-refractivity contribution is 0.250. The molecule has 0 atom stereocenters. The van der Waals surface area contributed by atoms with Gasteiger partial charge in [0, 0.05) is 6.54 Å². The second-order valence-electron chi connectivity index (χ2n) is 4.05. The van der Waals surface area contributed by atoms with Crippen molar-refractivity contribution in [2.24, 2.45) is 0 Å². The third kappa shape index (κ3) is 3.24. The van der Waals surface area contributed by atoms with Crippen LogP contribution < -0.4 is 5.06 Å². The van der Waals surface area contributed by atoms with Crippen LogP contribution in [0.25, 0.3) is 0 Å². The Morgan fingerprint density at radius 1 is 1.20 bits per heavy atom. The van der Waals surface area contributed by atoms with Crippen LogP contribution in [0.5, 0.6) is 0 Å². The van der Waals surface area contributed by atoms with Crippen molar-refractivity contribution in [3.05, 3.63) is 29.3 Å². The van der Waals surface area contributed by atoms with Gasteiger partial charge in [0.15, 0.2) is 0 Å². The van der Waals surface area contributed by atoms with Gasteiger partial charge in [-0.3, -0.25) is 10.3 Å². The zero-order valence-corrected chi connectivity index (χ0v) is 9.95. The molecular weight excluding hydrogens is 186 g/mol. The van der Waals surface area contributed by atoms with Gasteiger partial charge in [0.05, 0.1) is 5.69 Å². The van der Waals surface area contributed by atoms with Gasteiger partial charge in [-0.15, -0.1) is 0 Å². The fraction of sp³-hybridized carbons (Fsp3) is 0.538. The van der Waals surface area contributed by atoms with E-state index in [-0.39, 0.29) is 0 Å². The Labute approximate surface area is 92.5 Å². The fourth-order valence-corrected chi connectivity index (χ4v) is 1.65. The smallest absolute Gasteiger partial charge is 0.0665 e. The number of hydrogen-bond donors (Lipinski definition) is 1. The van der Waals surface area contributed by atoms with Crippen molar-refractivity contribution in [3.63, 3.8) is 0 Å². The molecule has 0 spiro atoms. The highest BCUT2D eigenvalue weighted by molar-refractivity contribution is 5.53. The van der Waals surface area contributed by atoms with Gasteiger partial charge in [-0.1, -0.05) is 31.9 Å². The molecule has 0 saturated heterocycles. The first-order valence-electron chi connectivity index (χ1n) is 5.69. The predicted octanol–water partition coefficient (Wildman–Crippen LogP) is 3.69. The minimum absolute atomic E-state index is 0.720. The molecule has 1 aromatic rings. The van der Waals surface area contributed by atoms with Crippen molar-refractivity contribution >= 4 is 5.69 Å². The van der Waals surface area contributed by atoms with E-state index in [1.807, 2.05) is 19.1 Å². The van der Waals surface area contributed by atoms with Gasteiger partial charge in [0.25, 0.3) is 0 Å². The molecular formula is C13H21NO. The number of nitrogens with zero attached hydrogens (tertiary/aromatic N) is 1. The molecule has 2 heteroatoms. The van der Waals surface area contributed by atoms with Gasteiger partial charge in [-0.2, -0.15) is 0 Å². The van der Waals surface area contributed by atoms with Crippen LogP contribution >= 0.6 is 0 Å². The molecule has 0 unspecified atom stereocenters. The summed E-state index contributed by atoms with van der Waals surface area (Å²) in [6.07, 6.45) is 3.39. The van der Waals surface area contributed by atoms with Crippen molar-refractivity contribution in [1.29, 1.82) is 0 Å². The standard InChI is InChI=1S/C13H21NO/c1-4-5-6-10-14(15)13-9-7-8-11(2)12(13)3/h7-9,15H,4-6,10H2,1-3H3. The maximum Gasteiger partial charge on any atom is 0.0665 e. The number of rotatable bonds is 5. The van der Waals surface area contributed by atoms with E-state index in [4.69, 9.17) is 0 Å². The third-order valence-corrected chi connectivity index (χ3v) is 2.83. The van der Waals surface area contributed by atoms with E-state index in [2.05, 4.69) is 19.9 Å². The van der Waals surface area contributed by atoms with Gasteiger partial charge in [-0.05, 0) is 37.5 Å². The van der Waals surface area contributed by atoms with Gasteiger partial charge >= 0.3 is 0 Å². The molecule has 0 amide bonds. The maximum atomic E-state index is 9.89. The van der Waals surface area contributed by atoms with Crippen molar-refractivity contribution in [2.45, 2.75) is 40.0 Å². The van der Waals surface area contributed by atoms with E-state index in [0.29, 0.717) is 0 Å². The largest absolute Gasteiger partial charge is 0.288 e. The topological polar surface area (TPSA) is 23.5 Å². The molecule has 1 rings (SSSR count). The van der Waals surface area contributed by atoms with Crippen LogP contribution in [-0.2, 0) is 0 Å². The quantitative estimate of drug-likeness (QED) is 0.588. The first-order valence-corrected chi connectivity index (χ1v) is 5.69. The number of aryl methyl sites for hydroxylation is 1.